The van der Waals surface area contributed by atoms with Gasteiger partial charge < -0.3 is 0 Å². The first-order valence-electron chi connectivity index (χ1n) is 3.00. The zero-order valence-corrected chi connectivity index (χ0v) is 7.81. The molecule has 0 aliphatic carbocycles. The second-order valence-electron chi connectivity index (χ2n) is 2.55. The van der Waals surface area contributed by atoms with Crippen LogP contribution in [-0.2, 0) is 0 Å². The first kappa shape index (κ1) is 5.96. The molecule has 0 nitrogen and oxygen atoms in total. The van der Waals surface area contributed by atoms with Gasteiger partial charge in [-0.15, -0.1) is 0 Å². The van der Waals surface area contributed by atoms with Gasteiger partial charge in [-0.1, -0.05) is 6.92 Å². The van der Waals surface area contributed by atoms with Crippen LogP contribution in [0.4, 0.5) is 0 Å². The highest BCUT2D eigenvalue weighted by Crippen LogP contribution is 3.24. The van der Waals surface area contributed by atoms with Crippen LogP contribution >= 0.6 is 27.8 Å². The van der Waals surface area contributed by atoms with Gasteiger partial charge in [0.15, 0.2) is 0 Å². The number of fused-ring (bicyclic) bond motifs is 1. The van der Waals surface area contributed by atoms with Crippen LogP contribution in [-0.4, -0.2) is 9.63 Å². The highest BCUT2D eigenvalue weighted by atomic mass is 32.2. The van der Waals surface area contributed by atoms with E-state index in [1.807, 2.05) is 0 Å². The van der Waals surface area contributed by atoms with Gasteiger partial charge in [0.05, 0.1) is 4.23 Å². The smallest absolute Gasteiger partial charge is 0.0585 e. The summed E-state index contributed by atoms with van der Waals surface area (Å²) in [7, 11) is 1.04. The summed E-state index contributed by atoms with van der Waals surface area (Å²) in [6.07, 6.45) is 1.44. The SMILES string of the molecule is CCC1P2P1C2(C)S. The van der Waals surface area contributed by atoms with E-state index < -0.39 is 0 Å². The molecule has 0 bridgehead atoms. The van der Waals surface area contributed by atoms with Gasteiger partial charge >= 0.3 is 0 Å². The third-order valence-electron chi connectivity index (χ3n) is 1.94. The second kappa shape index (κ2) is 1.44. The van der Waals surface area contributed by atoms with Crippen LogP contribution in [0.15, 0.2) is 0 Å². The molecule has 2 aliphatic rings. The molecular weight excluding hydrogens is 154 g/mol. The van der Waals surface area contributed by atoms with Gasteiger partial charge in [-0.2, -0.15) is 12.6 Å². The van der Waals surface area contributed by atoms with E-state index in [9.17, 15) is 0 Å². The molecule has 0 amide bonds. The molecule has 0 aromatic carbocycles. The van der Waals surface area contributed by atoms with Gasteiger partial charge in [0.2, 0.25) is 0 Å². The van der Waals surface area contributed by atoms with E-state index in [-0.39, 0.29) is 0 Å². The third-order valence-corrected chi connectivity index (χ3v) is 14.2. The van der Waals surface area contributed by atoms with Crippen molar-refractivity contribution in [1.29, 1.82) is 0 Å². The van der Waals surface area contributed by atoms with Crippen LogP contribution in [0.2, 0.25) is 0 Å². The molecule has 0 N–H and O–H groups in total. The Bertz CT molecular complexity index is 122. The Kier molecular flexibility index (Phi) is 1.07. The lowest BCUT2D eigenvalue weighted by Crippen LogP contribution is -1.98. The Morgan fingerprint density at radius 3 is 2.25 bits per heavy atom. The first-order valence-corrected chi connectivity index (χ1v) is 6.98. The van der Waals surface area contributed by atoms with Gasteiger partial charge in [0.25, 0.3) is 0 Å². The fourth-order valence-corrected chi connectivity index (χ4v) is 14.4. The second-order valence-corrected chi connectivity index (χ2v) is 11.9. The maximum absolute atomic E-state index is 4.55. The molecule has 0 spiro atoms. The molecule has 46 valence electrons. The lowest BCUT2D eigenvalue weighted by atomic mass is 10.6. The number of hydrogen-bond acceptors (Lipinski definition) is 1. The van der Waals surface area contributed by atoms with Crippen LogP contribution in [0.3, 0.4) is 0 Å². The van der Waals surface area contributed by atoms with E-state index >= 15 is 0 Å². The van der Waals surface area contributed by atoms with E-state index in [2.05, 4.69) is 26.5 Å². The maximum Gasteiger partial charge on any atom is 0.0585 e. The summed E-state index contributed by atoms with van der Waals surface area (Å²) in [5.41, 5.74) is 0. The van der Waals surface area contributed by atoms with Crippen molar-refractivity contribution in [2.24, 2.45) is 0 Å². The van der Waals surface area contributed by atoms with Gasteiger partial charge in [-0.3, -0.25) is 0 Å². The third kappa shape index (κ3) is 0.516. The summed E-state index contributed by atoms with van der Waals surface area (Å²) < 4.78 is 0.603. The molecule has 2 fully saturated rings. The topological polar surface area (TPSA) is 0 Å². The van der Waals surface area contributed by atoms with Gasteiger partial charge in [0, 0.05) is 5.40 Å². The van der Waals surface area contributed by atoms with Crippen molar-refractivity contribution in [2.45, 2.75) is 29.9 Å². The monoisotopic (exact) mass is 164 g/mol. The van der Waals surface area contributed by atoms with Crippen molar-refractivity contribution in [3.8, 4) is 0 Å². The van der Waals surface area contributed by atoms with Crippen molar-refractivity contribution in [3.63, 3.8) is 0 Å². The molecule has 0 radical (unpaired) electrons. The Morgan fingerprint density at radius 1 is 1.62 bits per heavy atom. The minimum Gasteiger partial charge on any atom is -0.163 e. The summed E-state index contributed by atoms with van der Waals surface area (Å²) in [4.78, 5) is 0. The zero-order valence-electron chi connectivity index (χ0n) is 5.13. The fraction of sp³-hybridized carbons (Fsp3) is 1.00. The molecule has 0 saturated carbocycles. The lowest BCUT2D eigenvalue weighted by molar-refractivity contribution is 1.03. The summed E-state index contributed by atoms with van der Waals surface area (Å²) in [5, 5.41) is 1.20. The average molecular weight is 164 g/mol. The van der Waals surface area contributed by atoms with Gasteiger partial charge in [0.1, 0.15) is 0 Å². The Labute approximate surface area is 58.2 Å². The number of rotatable bonds is 1. The van der Waals surface area contributed by atoms with E-state index in [0.29, 0.717) is 19.4 Å². The Balaban J connectivity index is 1.95. The maximum atomic E-state index is 4.55. The van der Waals surface area contributed by atoms with Crippen LogP contribution in [0, 0.1) is 0 Å². The molecule has 2 heterocycles. The summed E-state index contributed by atoms with van der Waals surface area (Å²) in [6.45, 7) is 4.63. The predicted molar refractivity (Wildman–Crippen MR) is 45.3 cm³/mol. The molecular formula is C5H10P2S. The van der Waals surface area contributed by atoms with Gasteiger partial charge in [-0.05, 0) is 28.6 Å². The molecule has 3 heteroatoms. The normalized spacial score (nSPS) is 67.1. The van der Waals surface area contributed by atoms with E-state index in [4.69, 9.17) is 0 Å². The van der Waals surface area contributed by atoms with Crippen molar-refractivity contribution in [1.82, 2.24) is 0 Å². The van der Waals surface area contributed by atoms with Crippen LogP contribution in [0.25, 0.3) is 0 Å². The minimum absolute atomic E-state index is 0.519. The largest absolute Gasteiger partial charge is 0.163 e. The van der Waals surface area contributed by atoms with Crippen molar-refractivity contribution < 1.29 is 0 Å². The van der Waals surface area contributed by atoms with Crippen LogP contribution in [0.1, 0.15) is 20.3 Å². The average Bonchev–Trinajstić information content (AvgIpc) is 2.48. The Morgan fingerprint density at radius 2 is 2.12 bits per heavy atom. The quantitative estimate of drug-likeness (QED) is 0.446. The van der Waals surface area contributed by atoms with Gasteiger partial charge in [-0.25, -0.2) is 0 Å². The molecule has 2 saturated heterocycles. The van der Waals surface area contributed by atoms with Crippen molar-refractivity contribution in [3.05, 3.63) is 0 Å². The molecule has 2 rings (SSSR count). The van der Waals surface area contributed by atoms with Crippen molar-refractivity contribution >= 4 is 27.8 Å². The van der Waals surface area contributed by atoms with E-state index in [1.54, 1.807) is 0 Å². The zero-order chi connectivity index (χ0) is 5.94. The van der Waals surface area contributed by atoms with E-state index in [1.165, 1.54) is 11.8 Å². The number of hydrogen-bond donors (Lipinski definition) is 1. The van der Waals surface area contributed by atoms with Crippen molar-refractivity contribution in [2.75, 3.05) is 0 Å². The first-order chi connectivity index (χ1) is 3.69. The molecule has 8 heavy (non-hydrogen) atoms. The molecule has 2 unspecified atom stereocenters. The lowest BCUT2D eigenvalue weighted by Gasteiger charge is -2.11. The molecule has 0 aromatic rings. The van der Waals surface area contributed by atoms with Crippen LogP contribution in [0.5, 0.6) is 0 Å². The van der Waals surface area contributed by atoms with Crippen LogP contribution < -0.4 is 0 Å². The summed E-state index contributed by atoms with van der Waals surface area (Å²) in [6, 6.07) is 0. The molecule has 2 aliphatic heterocycles. The Hall–Kier alpha value is 1.21. The highest BCUT2D eigenvalue weighted by Gasteiger charge is 2.78. The summed E-state index contributed by atoms with van der Waals surface area (Å²) in [5.74, 6) is 0. The highest BCUT2D eigenvalue weighted by molar-refractivity contribution is 8.68. The molecule has 2 atom stereocenters. The minimum atomic E-state index is 0.519. The molecule has 0 aromatic heterocycles. The predicted octanol–water partition coefficient (Wildman–Crippen LogP) is 3.23. The fourth-order valence-electron chi connectivity index (χ4n) is 1.39. The number of thiol groups is 1. The summed E-state index contributed by atoms with van der Waals surface area (Å²) >= 11 is 4.55. The standard InChI is InChI=1S/C5H10P2S/c1-3-4-6-5(2,8)7(4)6/h4,8H,3H2,1-2H3. The van der Waals surface area contributed by atoms with E-state index in [0.717, 1.165) is 0 Å².